The van der Waals surface area contributed by atoms with E-state index in [0.29, 0.717) is 0 Å². The molecule has 4 aromatic rings. The molecule has 3 N–H and O–H groups in total. The Morgan fingerprint density at radius 2 is 1.01 bits per heavy atom. The smallest absolute Gasteiger partial charge is 0.338 e. The second kappa shape index (κ2) is 26.4. The molecule has 25 heteroatoms. The molecular formula is C53H56N2O23. The lowest BCUT2D eigenvalue weighted by molar-refractivity contribution is -0.384. The van der Waals surface area contributed by atoms with Crippen molar-refractivity contribution in [2.75, 3.05) is 13.2 Å². The maximum atomic E-state index is 14.3. The van der Waals surface area contributed by atoms with Gasteiger partial charge in [-0.1, -0.05) is 54.6 Å². The molecule has 9 unspecified atom stereocenters. The number of carbonyl (C=O) groups is 7. The van der Waals surface area contributed by atoms with Crippen LogP contribution in [0.3, 0.4) is 0 Å². The number of esters is 6. The van der Waals surface area contributed by atoms with E-state index in [1.54, 1.807) is 42.5 Å². The monoisotopic (exact) mass is 1090 g/mol. The van der Waals surface area contributed by atoms with E-state index in [9.17, 15) is 53.9 Å². The van der Waals surface area contributed by atoms with Gasteiger partial charge in [0.1, 0.15) is 42.8 Å². The quantitative estimate of drug-likeness (QED) is 0.0526. The molecule has 0 aliphatic carbocycles. The van der Waals surface area contributed by atoms with E-state index in [4.69, 9.17) is 56.8 Å². The molecule has 0 aromatic heterocycles. The Balaban J connectivity index is 1.36. The van der Waals surface area contributed by atoms with Gasteiger partial charge in [0, 0.05) is 39.8 Å². The van der Waals surface area contributed by atoms with Gasteiger partial charge in [-0.15, -0.1) is 0 Å². The highest BCUT2D eigenvalue weighted by molar-refractivity contribution is 5.91. The highest BCUT2D eigenvalue weighted by atomic mass is 16.8. The lowest BCUT2D eigenvalue weighted by Crippen LogP contribution is -2.70. The van der Waals surface area contributed by atoms with E-state index in [0.717, 1.165) is 39.8 Å². The van der Waals surface area contributed by atoms with E-state index < -0.39 is 152 Å². The number of nitrogens with one attached hydrogen (secondary N) is 1. The number of benzene rings is 4. The Morgan fingerprint density at radius 3 is 1.50 bits per heavy atom. The molecule has 0 spiro atoms. The maximum absolute atomic E-state index is 14.3. The van der Waals surface area contributed by atoms with Crippen LogP contribution >= 0.6 is 0 Å². The van der Waals surface area contributed by atoms with Crippen molar-refractivity contribution < 1.29 is 106 Å². The number of rotatable bonds is 19. The summed E-state index contributed by atoms with van der Waals surface area (Å²) in [4.78, 5) is 105. The topological polar surface area (TPSA) is 326 Å². The molecule has 0 bridgehead atoms. The number of nitro groups is 1. The number of aliphatic hydroxyl groups excluding tert-OH is 2. The van der Waals surface area contributed by atoms with Gasteiger partial charge in [-0.2, -0.15) is 0 Å². The minimum Gasteiger partial charge on any atom is -0.463 e. The highest BCUT2D eigenvalue weighted by Gasteiger charge is 2.59. The summed E-state index contributed by atoms with van der Waals surface area (Å²) in [6, 6.07) is 26.0. The van der Waals surface area contributed by atoms with Crippen LogP contribution in [0.2, 0.25) is 0 Å². The van der Waals surface area contributed by atoms with Crippen LogP contribution in [0.25, 0.3) is 0 Å². The summed E-state index contributed by atoms with van der Waals surface area (Å²) >= 11 is 0. The Morgan fingerprint density at radius 1 is 0.551 bits per heavy atom. The number of aliphatic hydroxyl groups is 2. The minimum atomic E-state index is -2.07. The Kier molecular flexibility index (Phi) is 19.6. The van der Waals surface area contributed by atoms with Gasteiger partial charge >= 0.3 is 35.8 Å². The molecule has 1 amide bonds. The van der Waals surface area contributed by atoms with Crippen LogP contribution in [-0.2, 0) is 71.3 Å². The summed E-state index contributed by atoms with van der Waals surface area (Å²) in [5.41, 5.74) is -0.228. The number of carbonyl (C=O) groups excluding carboxylic acids is 7. The van der Waals surface area contributed by atoms with Crippen molar-refractivity contribution >= 4 is 47.4 Å². The Bertz CT molecular complexity index is 2730. The molecule has 4 aromatic carbocycles. The predicted molar refractivity (Wildman–Crippen MR) is 261 cm³/mol. The van der Waals surface area contributed by atoms with E-state index in [2.05, 4.69) is 5.32 Å². The summed E-state index contributed by atoms with van der Waals surface area (Å²) in [6.45, 7) is 3.97. The maximum Gasteiger partial charge on any atom is 0.338 e. The zero-order valence-corrected chi connectivity index (χ0v) is 42.5. The first kappa shape index (κ1) is 57.8. The molecule has 25 nitrogen and oxygen atoms in total. The highest BCUT2D eigenvalue weighted by Crippen LogP contribution is 2.38. The van der Waals surface area contributed by atoms with Crippen molar-refractivity contribution in [2.24, 2.45) is 0 Å². The van der Waals surface area contributed by atoms with Crippen LogP contribution in [0.15, 0.2) is 115 Å². The second-order valence-corrected chi connectivity index (χ2v) is 17.9. The van der Waals surface area contributed by atoms with E-state index in [1.807, 2.05) is 0 Å². The summed E-state index contributed by atoms with van der Waals surface area (Å²) in [5.74, 6) is -6.55. The summed E-state index contributed by atoms with van der Waals surface area (Å²) in [7, 11) is 0. The molecule has 3 aliphatic rings. The molecule has 3 saturated heterocycles. The van der Waals surface area contributed by atoms with Gasteiger partial charge in [-0.3, -0.25) is 29.3 Å². The molecule has 3 fully saturated rings. The average Bonchev–Trinajstić information content (AvgIpc) is 3.53. The van der Waals surface area contributed by atoms with Crippen LogP contribution in [0, 0.1) is 10.1 Å². The van der Waals surface area contributed by atoms with Crippen LogP contribution < -0.4 is 10.1 Å². The van der Waals surface area contributed by atoms with Crippen molar-refractivity contribution in [3.63, 3.8) is 0 Å². The number of hydrogen-bond acceptors (Lipinski definition) is 23. The first-order valence-electron chi connectivity index (χ1n) is 24.3. The number of nitro benzene ring substituents is 1. The molecule has 416 valence electrons. The van der Waals surface area contributed by atoms with Crippen molar-refractivity contribution in [3.8, 4) is 5.75 Å². The van der Waals surface area contributed by atoms with Gasteiger partial charge < -0.3 is 72.4 Å². The largest absolute Gasteiger partial charge is 0.463 e. The summed E-state index contributed by atoms with van der Waals surface area (Å²) in [5, 5.41) is 36.5. The predicted octanol–water partition coefficient (Wildman–Crippen LogP) is 2.90. The molecule has 7 rings (SSSR count). The van der Waals surface area contributed by atoms with Crippen molar-refractivity contribution in [3.05, 3.63) is 142 Å². The summed E-state index contributed by atoms with van der Waals surface area (Å²) < 4.78 is 73.3. The fourth-order valence-corrected chi connectivity index (χ4v) is 8.74. The second-order valence-electron chi connectivity index (χ2n) is 17.9. The lowest BCUT2D eigenvalue weighted by atomic mass is 9.94. The number of amides is 1. The molecule has 15 atom stereocenters. The minimum absolute atomic E-state index is 0.0169. The third-order valence-corrected chi connectivity index (χ3v) is 12.2. The number of hydrogen-bond donors (Lipinski definition) is 3. The van der Waals surface area contributed by atoms with Gasteiger partial charge in [-0.25, -0.2) is 14.4 Å². The van der Waals surface area contributed by atoms with Crippen LogP contribution in [-0.4, -0.2) is 162 Å². The normalized spacial score (nSPS) is 28.6. The number of ether oxygens (including phenoxy) is 12. The average molecular weight is 1090 g/mol. The number of nitrogens with zero attached hydrogens (tertiary/aromatic N) is 1. The molecular weight excluding hydrogens is 1030 g/mol. The number of non-ortho nitro benzene ring substituents is 1. The van der Waals surface area contributed by atoms with Gasteiger partial charge in [0.15, 0.2) is 49.2 Å². The van der Waals surface area contributed by atoms with Gasteiger partial charge in [0.2, 0.25) is 12.2 Å². The van der Waals surface area contributed by atoms with Crippen molar-refractivity contribution in [2.45, 2.75) is 127 Å². The Labute approximate surface area is 444 Å². The van der Waals surface area contributed by atoms with E-state index in [-0.39, 0.29) is 28.1 Å². The third kappa shape index (κ3) is 14.6. The lowest BCUT2D eigenvalue weighted by Gasteiger charge is -2.50. The van der Waals surface area contributed by atoms with Crippen molar-refractivity contribution in [1.29, 1.82) is 0 Å². The zero-order valence-electron chi connectivity index (χ0n) is 42.5. The van der Waals surface area contributed by atoms with Gasteiger partial charge in [0.05, 0.1) is 34.3 Å². The molecule has 78 heavy (non-hydrogen) atoms. The first-order chi connectivity index (χ1) is 37.3. The molecule has 0 radical (unpaired) electrons. The Hall–Kier alpha value is -7.91. The fraction of sp³-hybridized carbons (Fsp3) is 0.415. The van der Waals surface area contributed by atoms with Gasteiger partial charge in [-0.05, 0) is 55.5 Å². The van der Waals surface area contributed by atoms with E-state index in [1.165, 1.54) is 67.6 Å². The molecule has 0 saturated carbocycles. The van der Waals surface area contributed by atoms with E-state index >= 15 is 0 Å². The molecule has 3 heterocycles. The standard InChI is InChI=1S/C53H56N2O23/c1-27-41(74-48(62)32-15-9-6-10-16-32)44(75-49(63)33-17-11-7-12-18-33)46(76-50(64)34-19-13-8-14-20-34)52(68-27)78-47-45(70-31(5)60)42(69-30(4)59)38(26-67-29(3)58)73-53(47)77-43-39(54-28(2)57)51(72-37(25-56)40(43)61)71-36-23-21-35(22-24-36)55(65)66/h6-24,27,37-47,51-53,56,61H,25-26H2,1-5H3,(H,54,57)/t27-,37?,38?,39?,40+,41?,42-,43?,44?,45?,46-,47?,51+,52?,53-/m0/s1. The SMILES string of the molecule is CC(=O)NC1C(O[C@@H]2OC(COC(C)=O)[C@H](OC(C)=O)C(OC(C)=O)C2OC2O[C@@H](C)C(OC(=O)c3ccccc3)C(OC(=O)c3ccccc3)[C@@H]2OC(=O)c2ccccc2)[C@H](O)C(CO)O[C@H]1Oc1ccc([N+](=O)[O-])cc1. The fourth-order valence-electron chi connectivity index (χ4n) is 8.74. The van der Waals surface area contributed by atoms with Gasteiger partial charge in [0.25, 0.3) is 5.69 Å². The third-order valence-electron chi connectivity index (χ3n) is 12.2. The van der Waals surface area contributed by atoms with Crippen LogP contribution in [0.1, 0.15) is 65.7 Å². The van der Waals surface area contributed by atoms with Crippen LogP contribution in [0.4, 0.5) is 5.69 Å². The summed E-state index contributed by atoms with van der Waals surface area (Å²) in [6.07, 6.45) is -25.0. The van der Waals surface area contributed by atoms with Crippen LogP contribution in [0.5, 0.6) is 5.75 Å². The van der Waals surface area contributed by atoms with Crippen molar-refractivity contribution in [1.82, 2.24) is 5.32 Å². The zero-order chi connectivity index (χ0) is 56.2. The first-order valence-corrected chi connectivity index (χ1v) is 24.3. The molecule has 3 aliphatic heterocycles.